The van der Waals surface area contributed by atoms with Crippen LogP contribution in [0.25, 0.3) is 6.08 Å². The van der Waals surface area contributed by atoms with Gasteiger partial charge in [0.15, 0.2) is 0 Å². The molecule has 1 aliphatic rings. The minimum Gasteiger partial charge on any atom is -0.352 e. The molecular weight excluding hydrogens is 452 g/mol. The summed E-state index contributed by atoms with van der Waals surface area (Å²) >= 11 is 7.52. The fourth-order valence-corrected chi connectivity index (χ4v) is 4.99. The Labute approximate surface area is 203 Å². The number of amides is 2. The maximum absolute atomic E-state index is 13.3. The number of anilines is 1. The van der Waals surface area contributed by atoms with Crippen molar-refractivity contribution in [1.82, 2.24) is 5.32 Å². The summed E-state index contributed by atoms with van der Waals surface area (Å²) in [6.07, 6.45) is 3.54. The van der Waals surface area contributed by atoms with Gasteiger partial charge in [-0.15, -0.1) is 0 Å². The lowest BCUT2D eigenvalue weighted by Gasteiger charge is -2.30. The molecule has 0 bridgehead atoms. The molecule has 3 aromatic carbocycles. The van der Waals surface area contributed by atoms with Gasteiger partial charge in [-0.3, -0.25) is 14.5 Å². The van der Waals surface area contributed by atoms with Crippen molar-refractivity contribution in [3.05, 3.63) is 99.9 Å². The lowest BCUT2D eigenvalue weighted by molar-refractivity contribution is -0.122. The molecule has 1 heterocycles. The first kappa shape index (κ1) is 23.1. The molecule has 33 heavy (non-hydrogen) atoms. The van der Waals surface area contributed by atoms with Gasteiger partial charge >= 0.3 is 0 Å². The Morgan fingerprint density at radius 3 is 2.61 bits per heavy atom. The zero-order valence-corrected chi connectivity index (χ0v) is 19.9. The number of para-hydroxylation sites is 1. The number of rotatable bonds is 7. The van der Waals surface area contributed by atoms with E-state index >= 15 is 0 Å². The smallest absolute Gasteiger partial charge is 0.265 e. The molecule has 0 radical (unpaired) electrons. The fraction of sp³-hybridized carbons (Fsp3) is 0.185. The summed E-state index contributed by atoms with van der Waals surface area (Å²) in [6, 6.07) is 25.2. The van der Waals surface area contributed by atoms with Gasteiger partial charge in [-0.1, -0.05) is 78.0 Å². The number of benzene rings is 3. The number of carbonyl (C=O) groups is 2. The molecule has 2 amide bonds. The molecule has 1 aliphatic heterocycles. The van der Waals surface area contributed by atoms with Crippen molar-refractivity contribution >= 4 is 46.9 Å². The molecule has 0 spiro atoms. The number of thioether (sulfide) groups is 1. The van der Waals surface area contributed by atoms with Gasteiger partial charge in [-0.05, 0) is 61.2 Å². The van der Waals surface area contributed by atoms with Crippen LogP contribution in [0.1, 0.15) is 24.5 Å². The predicted molar refractivity (Wildman–Crippen MR) is 136 cm³/mol. The van der Waals surface area contributed by atoms with Crippen LogP contribution in [-0.2, 0) is 16.0 Å². The van der Waals surface area contributed by atoms with E-state index in [1.165, 1.54) is 17.3 Å². The van der Waals surface area contributed by atoms with Gasteiger partial charge in [0.2, 0.25) is 5.91 Å². The van der Waals surface area contributed by atoms with Crippen LogP contribution in [0.15, 0.2) is 88.7 Å². The molecular formula is C27H25ClN2O2S. The highest BCUT2D eigenvalue weighted by atomic mass is 35.5. The van der Waals surface area contributed by atoms with Gasteiger partial charge in [0.05, 0.1) is 10.6 Å². The maximum atomic E-state index is 13.3. The second kappa shape index (κ2) is 10.7. The number of aryl methyl sites for hydroxylation is 1. The minimum atomic E-state index is -0.189. The van der Waals surface area contributed by atoms with Gasteiger partial charge < -0.3 is 5.32 Å². The van der Waals surface area contributed by atoms with Crippen molar-refractivity contribution in [2.24, 2.45) is 0 Å². The Balaban J connectivity index is 1.47. The second-order valence-corrected chi connectivity index (χ2v) is 9.54. The molecule has 168 valence electrons. The second-order valence-electron chi connectivity index (χ2n) is 8.02. The van der Waals surface area contributed by atoms with Gasteiger partial charge in [0, 0.05) is 16.0 Å². The molecule has 4 nitrogen and oxygen atoms in total. The van der Waals surface area contributed by atoms with Crippen LogP contribution in [0.3, 0.4) is 0 Å². The zero-order valence-electron chi connectivity index (χ0n) is 18.3. The lowest BCUT2D eigenvalue weighted by Crippen LogP contribution is -2.45. The van der Waals surface area contributed by atoms with E-state index < -0.39 is 0 Å². The molecule has 0 saturated carbocycles. The van der Waals surface area contributed by atoms with Crippen molar-refractivity contribution < 1.29 is 9.59 Å². The number of carbonyl (C=O) groups excluding carboxylic acids is 2. The molecule has 0 unspecified atom stereocenters. The number of nitrogens with zero attached hydrogens (tertiary/aromatic N) is 1. The highest BCUT2D eigenvalue weighted by Crippen LogP contribution is 2.42. The van der Waals surface area contributed by atoms with E-state index in [4.69, 9.17) is 11.6 Å². The number of hydrogen-bond donors (Lipinski definition) is 1. The summed E-state index contributed by atoms with van der Waals surface area (Å²) in [7, 11) is 0. The summed E-state index contributed by atoms with van der Waals surface area (Å²) in [6.45, 7) is 1.96. The molecule has 0 saturated heterocycles. The molecule has 0 aliphatic carbocycles. The monoisotopic (exact) mass is 476 g/mol. The van der Waals surface area contributed by atoms with Crippen molar-refractivity contribution in [3.8, 4) is 0 Å². The van der Waals surface area contributed by atoms with Crippen molar-refractivity contribution in [2.45, 2.75) is 30.7 Å². The molecule has 0 aromatic heterocycles. The highest BCUT2D eigenvalue weighted by Gasteiger charge is 2.30. The van der Waals surface area contributed by atoms with Gasteiger partial charge in [0.1, 0.15) is 6.54 Å². The standard InChI is InChI=1S/C27H25ClN2O2S/c1-19(14-15-20-8-3-2-4-9-20)29-26(31)18-30-23-12-5-6-13-24(23)33-25(27(30)32)17-21-10-7-11-22(28)16-21/h2-13,16-17,19H,14-15,18H2,1H3,(H,29,31)/b25-17-/t19-/m0/s1. The fourth-order valence-electron chi connectivity index (χ4n) is 3.73. The number of fused-ring (bicyclic) bond motifs is 1. The van der Waals surface area contributed by atoms with Crippen LogP contribution in [0.4, 0.5) is 5.69 Å². The third-order valence-corrected chi connectivity index (χ3v) is 6.71. The molecule has 4 rings (SSSR count). The first-order valence-corrected chi connectivity index (χ1v) is 12.1. The Morgan fingerprint density at radius 1 is 1.06 bits per heavy atom. The van der Waals surface area contributed by atoms with Crippen LogP contribution >= 0.6 is 23.4 Å². The molecule has 3 aromatic rings. The molecule has 1 atom stereocenters. The van der Waals surface area contributed by atoms with E-state index in [0.29, 0.717) is 9.93 Å². The third-order valence-electron chi connectivity index (χ3n) is 5.40. The minimum absolute atomic E-state index is 0.00342. The number of halogens is 1. The van der Waals surface area contributed by atoms with Gasteiger partial charge in [-0.2, -0.15) is 0 Å². The summed E-state index contributed by atoms with van der Waals surface area (Å²) in [5.41, 5.74) is 2.84. The summed E-state index contributed by atoms with van der Waals surface area (Å²) in [4.78, 5) is 29.2. The Bertz CT molecular complexity index is 1180. The largest absolute Gasteiger partial charge is 0.352 e. The van der Waals surface area contributed by atoms with Crippen molar-refractivity contribution in [1.29, 1.82) is 0 Å². The summed E-state index contributed by atoms with van der Waals surface area (Å²) in [5, 5.41) is 3.65. The first-order valence-electron chi connectivity index (χ1n) is 10.9. The average molecular weight is 477 g/mol. The van der Waals surface area contributed by atoms with E-state index in [2.05, 4.69) is 17.4 Å². The quantitative estimate of drug-likeness (QED) is 0.428. The maximum Gasteiger partial charge on any atom is 0.265 e. The zero-order chi connectivity index (χ0) is 23.2. The summed E-state index contributed by atoms with van der Waals surface area (Å²) in [5.74, 6) is -0.363. The Kier molecular flexibility index (Phi) is 7.53. The first-order chi connectivity index (χ1) is 16.0. The summed E-state index contributed by atoms with van der Waals surface area (Å²) < 4.78 is 0. The van der Waals surface area contributed by atoms with Crippen LogP contribution in [-0.4, -0.2) is 24.4 Å². The van der Waals surface area contributed by atoms with E-state index in [1.54, 1.807) is 11.0 Å². The SMILES string of the molecule is C[C@@H](CCc1ccccc1)NC(=O)CN1C(=O)/C(=C/c2cccc(Cl)c2)Sc2ccccc21. The Hall–Kier alpha value is -3.02. The number of nitrogens with one attached hydrogen (secondary N) is 1. The van der Waals surface area contributed by atoms with E-state index in [0.717, 1.165) is 29.0 Å². The Morgan fingerprint density at radius 2 is 1.82 bits per heavy atom. The van der Waals surface area contributed by atoms with Crippen molar-refractivity contribution in [2.75, 3.05) is 11.4 Å². The van der Waals surface area contributed by atoms with Crippen LogP contribution in [0, 0.1) is 0 Å². The molecule has 0 fully saturated rings. The van der Waals surface area contributed by atoms with Crippen LogP contribution < -0.4 is 10.2 Å². The normalized spacial score (nSPS) is 15.3. The van der Waals surface area contributed by atoms with Gasteiger partial charge in [0.25, 0.3) is 5.91 Å². The molecule has 6 heteroatoms. The highest BCUT2D eigenvalue weighted by molar-refractivity contribution is 8.04. The lowest BCUT2D eigenvalue weighted by atomic mass is 10.1. The van der Waals surface area contributed by atoms with Crippen LogP contribution in [0.2, 0.25) is 5.02 Å². The van der Waals surface area contributed by atoms with Crippen molar-refractivity contribution in [3.63, 3.8) is 0 Å². The number of hydrogen-bond acceptors (Lipinski definition) is 3. The van der Waals surface area contributed by atoms with E-state index in [-0.39, 0.29) is 24.4 Å². The average Bonchev–Trinajstić information content (AvgIpc) is 2.81. The van der Waals surface area contributed by atoms with E-state index in [1.807, 2.05) is 73.7 Å². The van der Waals surface area contributed by atoms with Gasteiger partial charge in [-0.25, -0.2) is 0 Å². The predicted octanol–water partition coefficient (Wildman–Crippen LogP) is 5.96. The topological polar surface area (TPSA) is 49.4 Å². The van der Waals surface area contributed by atoms with Crippen LogP contribution in [0.5, 0.6) is 0 Å². The third kappa shape index (κ3) is 6.06. The molecule has 1 N–H and O–H groups in total. The van der Waals surface area contributed by atoms with E-state index in [9.17, 15) is 9.59 Å².